The van der Waals surface area contributed by atoms with E-state index in [1.807, 2.05) is 24.0 Å². The second-order valence-corrected chi connectivity index (χ2v) is 6.35. The number of hydrogen-bond donors (Lipinski definition) is 2. The number of carbonyl (C=O) groups is 1. The molecule has 1 aromatic heterocycles. The van der Waals surface area contributed by atoms with E-state index in [-0.39, 0.29) is 5.92 Å². The van der Waals surface area contributed by atoms with Crippen LogP contribution < -0.4 is 5.32 Å². The lowest BCUT2D eigenvalue weighted by Crippen LogP contribution is -2.54. The highest BCUT2D eigenvalue weighted by Gasteiger charge is 2.48. The molecule has 1 aliphatic carbocycles. The minimum atomic E-state index is -0.727. The van der Waals surface area contributed by atoms with Crippen molar-refractivity contribution in [1.29, 1.82) is 0 Å². The van der Waals surface area contributed by atoms with Gasteiger partial charge in [0, 0.05) is 12.7 Å². The van der Waals surface area contributed by atoms with Gasteiger partial charge in [0.15, 0.2) is 0 Å². The van der Waals surface area contributed by atoms with Crippen LogP contribution in [0.2, 0.25) is 0 Å². The molecule has 2 unspecified atom stereocenters. The second-order valence-electron chi connectivity index (χ2n) is 5.11. The number of aromatic nitrogens is 2. The van der Waals surface area contributed by atoms with Crippen LogP contribution in [-0.2, 0) is 11.3 Å². The maximum atomic E-state index is 11.7. The van der Waals surface area contributed by atoms with E-state index in [0.29, 0.717) is 6.54 Å². The quantitative estimate of drug-likeness (QED) is 0.746. The average molecular weight is 377 g/mol. The summed E-state index contributed by atoms with van der Waals surface area (Å²) in [7, 11) is 0. The van der Waals surface area contributed by atoms with Gasteiger partial charge in [0.2, 0.25) is 0 Å². The van der Waals surface area contributed by atoms with Crippen molar-refractivity contribution in [3.8, 4) is 0 Å². The molecule has 1 aromatic rings. The lowest BCUT2D eigenvalue weighted by molar-refractivity contribution is -0.146. The molecular formula is C13H20IN3O2. The summed E-state index contributed by atoms with van der Waals surface area (Å²) in [5, 5.41) is 17.1. The number of carboxylic acid groups (broad SMARTS) is 1. The molecule has 1 fully saturated rings. The van der Waals surface area contributed by atoms with E-state index in [9.17, 15) is 9.90 Å². The van der Waals surface area contributed by atoms with Crippen LogP contribution in [0.3, 0.4) is 0 Å². The van der Waals surface area contributed by atoms with Crippen LogP contribution in [0, 0.1) is 9.49 Å². The molecule has 5 nitrogen and oxygen atoms in total. The number of nitrogens with zero attached hydrogens (tertiary/aromatic N) is 2. The van der Waals surface area contributed by atoms with Gasteiger partial charge in [0.05, 0.1) is 9.77 Å². The molecule has 0 radical (unpaired) electrons. The van der Waals surface area contributed by atoms with Gasteiger partial charge in [-0.05, 0) is 54.3 Å². The Morgan fingerprint density at radius 3 is 3.11 bits per heavy atom. The summed E-state index contributed by atoms with van der Waals surface area (Å²) in [4.78, 5) is 11.7. The third kappa shape index (κ3) is 3.10. The van der Waals surface area contributed by atoms with Crippen molar-refractivity contribution < 1.29 is 9.90 Å². The van der Waals surface area contributed by atoms with Gasteiger partial charge in [-0.2, -0.15) is 5.10 Å². The molecule has 2 atom stereocenters. The molecule has 19 heavy (non-hydrogen) atoms. The molecule has 0 aliphatic heterocycles. The third-order valence-electron chi connectivity index (χ3n) is 4.00. The first-order chi connectivity index (χ1) is 9.08. The topological polar surface area (TPSA) is 67.2 Å². The van der Waals surface area contributed by atoms with Gasteiger partial charge in [-0.15, -0.1) is 0 Å². The molecule has 2 rings (SSSR count). The van der Waals surface area contributed by atoms with Crippen molar-refractivity contribution in [3.05, 3.63) is 16.0 Å². The molecule has 106 valence electrons. The largest absolute Gasteiger partial charge is 0.480 e. The Kier molecular flexibility index (Phi) is 4.83. The summed E-state index contributed by atoms with van der Waals surface area (Å²) in [5.74, 6) is -0.515. The molecule has 0 spiro atoms. The number of rotatable bonds is 6. The molecule has 6 heteroatoms. The predicted octanol–water partition coefficient (Wildman–Crippen LogP) is 2.11. The summed E-state index contributed by atoms with van der Waals surface area (Å²) in [6.07, 6.45) is 7.38. The van der Waals surface area contributed by atoms with Crippen LogP contribution in [0.5, 0.6) is 0 Å². The van der Waals surface area contributed by atoms with Crippen molar-refractivity contribution in [1.82, 2.24) is 15.1 Å². The first kappa shape index (κ1) is 14.8. The minimum Gasteiger partial charge on any atom is -0.480 e. The Morgan fingerprint density at radius 2 is 2.53 bits per heavy atom. The summed E-state index contributed by atoms with van der Waals surface area (Å²) < 4.78 is 3.01. The fourth-order valence-electron chi connectivity index (χ4n) is 3.12. The van der Waals surface area contributed by atoms with Gasteiger partial charge in [-0.3, -0.25) is 9.48 Å². The molecule has 0 amide bonds. The van der Waals surface area contributed by atoms with E-state index in [1.54, 1.807) is 0 Å². The Bertz CT molecular complexity index is 449. The first-order valence-corrected chi connectivity index (χ1v) is 7.82. The molecule has 2 N–H and O–H groups in total. The molecule has 1 heterocycles. The van der Waals surface area contributed by atoms with E-state index < -0.39 is 11.5 Å². The van der Waals surface area contributed by atoms with Gasteiger partial charge in [-0.25, -0.2) is 0 Å². The maximum absolute atomic E-state index is 11.7. The highest BCUT2D eigenvalue weighted by Crippen LogP contribution is 2.38. The third-order valence-corrected chi connectivity index (χ3v) is 4.56. The Hall–Kier alpha value is -0.630. The average Bonchev–Trinajstić information content (AvgIpc) is 2.94. The summed E-state index contributed by atoms with van der Waals surface area (Å²) in [6.45, 7) is 3.45. The summed E-state index contributed by atoms with van der Waals surface area (Å²) in [5.41, 5.74) is -0.727. The van der Waals surface area contributed by atoms with E-state index >= 15 is 0 Å². The zero-order valence-electron chi connectivity index (χ0n) is 11.1. The van der Waals surface area contributed by atoms with Crippen molar-refractivity contribution in [3.63, 3.8) is 0 Å². The predicted molar refractivity (Wildman–Crippen MR) is 80.9 cm³/mol. The Labute approximate surface area is 126 Å². The van der Waals surface area contributed by atoms with Gasteiger partial charge in [0.25, 0.3) is 0 Å². The number of halogens is 1. The Balaban J connectivity index is 2.03. The van der Waals surface area contributed by atoms with E-state index in [1.165, 1.54) is 0 Å². The first-order valence-electron chi connectivity index (χ1n) is 6.75. The van der Waals surface area contributed by atoms with E-state index in [2.05, 4.69) is 33.0 Å². The SMILES string of the molecule is CCNC1(C(=O)O)CCCC1CCn1cc(I)cn1. The molecule has 0 saturated heterocycles. The van der Waals surface area contributed by atoms with E-state index in [4.69, 9.17) is 0 Å². The van der Waals surface area contributed by atoms with Crippen LogP contribution in [0.25, 0.3) is 0 Å². The lowest BCUT2D eigenvalue weighted by atomic mass is 9.84. The smallest absolute Gasteiger partial charge is 0.324 e. The normalized spacial score (nSPS) is 26.7. The summed E-state index contributed by atoms with van der Waals surface area (Å²) >= 11 is 2.23. The standard InChI is InChI=1S/C13H20IN3O2/c1-2-15-13(12(18)19)6-3-4-10(13)5-7-17-9-11(14)8-16-17/h8-10,15H,2-7H2,1H3,(H,18,19). The van der Waals surface area contributed by atoms with Gasteiger partial charge in [0.1, 0.15) is 5.54 Å². The van der Waals surface area contributed by atoms with Gasteiger partial charge >= 0.3 is 5.97 Å². The van der Waals surface area contributed by atoms with Crippen molar-refractivity contribution in [2.75, 3.05) is 6.54 Å². The summed E-state index contributed by atoms with van der Waals surface area (Å²) in [6, 6.07) is 0. The molecule has 0 aromatic carbocycles. The van der Waals surface area contributed by atoms with Crippen LogP contribution in [0.4, 0.5) is 0 Å². The molecule has 1 saturated carbocycles. The van der Waals surface area contributed by atoms with E-state index in [0.717, 1.165) is 35.8 Å². The monoisotopic (exact) mass is 377 g/mol. The van der Waals surface area contributed by atoms with Gasteiger partial charge in [-0.1, -0.05) is 13.3 Å². The van der Waals surface area contributed by atoms with Crippen molar-refractivity contribution in [2.45, 2.75) is 44.7 Å². The molecule has 0 bridgehead atoms. The number of carboxylic acids is 1. The highest BCUT2D eigenvalue weighted by atomic mass is 127. The second kappa shape index (κ2) is 6.21. The Morgan fingerprint density at radius 1 is 1.74 bits per heavy atom. The van der Waals surface area contributed by atoms with Crippen molar-refractivity contribution >= 4 is 28.6 Å². The lowest BCUT2D eigenvalue weighted by Gasteiger charge is -2.32. The zero-order valence-corrected chi connectivity index (χ0v) is 13.3. The number of aryl methyl sites for hydroxylation is 1. The van der Waals surface area contributed by atoms with Crippen LogP contribution in [0.15, 0.2) is 12.4 Å². The number of nitrogens with one attached hydrogen (secondary N) is 1. The number of hydrogen-bond acceptors (Lipinski definition) is 3. The fourth-order valence-corrected chi connectivity index (χ4v) is 3.57. The number of aliphatic carboxylic acids is 1. The van der Waals surface area contributed by atoms with Crippen molar-refractivity contribution in [2.24, 2.45) is 5.92 Å². The number of likely N-dealkylation sites (N-methyl/N-ethyl adjacent to an activating group) is 1. The molecular weight excluding hydrogens is 357 g/mol. The van der Waals surface area contributed by atoms with Crippen LogP contribution in [-0.4, -0.2) is 32.9 Å². The fraction of sp³-hybridized carbons (Fsp3) is 0.692. The van der Waals surface area contributed by atoms with Crippen LogP contribution in [0.1, 0.15) is 32.6 Å². The highest BCUT2D eigenvalue weighted by molar-refractivity contribution is 14.1. The van der Waals surface area contributed by atoms with Gasteiger partial charge < -0.3 is 10.4 Å². The minimum absolute atomic E-state index is 0.187. The zero-order chi connectivity index (χ0) is 13.9. The maximum Gasteiger partial charge on any atom is 0.324 e. The van der Waals surface area contributed by atoms with Crippen LogP contribution >= 0.6 is 22.6 Å². The molecule has 1 aliphatic rings.